The van der Waals surface area contributed by atoms with Gasteiger partial charge < -0.3 is 9.84 Å². The summed E-state index contributed by atoms with van der Waals surface area (Å²) in [5.74, 6) is 1.07. The largest absolute Gasteiger partial charge is 0.359 e. The summed E-state index contributed by atoms with van der Waals surface area (Å²) < 4.78 is 5.25. The van der Waals surface area contributed by atoms with E-state index in [9.17, 15) is 4.79 Å². The molecule has 0 aliphatic heterocycles. The number of hydrogen-bond acceptors (Lipinski definition) is 4. The van der Waals surface area contributed by atoms with Gasteiger partial charge in [-0.25, -0.2) is 0 Å². The summed E-state index contributed by atoms with van der Waals surface area (Å²) in [6.45, 7) is 8.24. The van der Waals surface area contributed by atoms with Crippen LogP contribution in [-0.2, 0) is 11.8 Å². The van der Waals surface area contributed by atoms with E-state index in [1.54, 1.807) is 17.4 Å². The van der Waals surface area contributed by atoms with Crippen molar-refractivity contribution in [3.8, 4) is 0 Å². The molecule has 5 heteroatoms. The van der Waals surface area contributed by atoms with Gasteiger partial charge in [-0.3, -0.25) is 4.79 Å². The van der Waals surface area contributed by atoms with Gasteiger partial charge >= 0.3 is 0 Å². The van der Waals surface area contributed by atoms with Gasteiger partial charge in [-0.1, -0.05) is 39.3 Å². The summed E-state index contributed by atoms with van der Waals surface area (Å²) in [6, 6.07) is 3.71. The van der Waals surface area contributed by atoms with Gasteiger partial charge in [0.1, 0.15) is 5.76 Å². The molecule has 0 radical (unpaired) electrons. The first-order valence-corrected chi connectivity index (χ1v) is 7.64. The van der Waals surface area contributed by atoms with Crippen molar-refractivity contribution in [2.45, 2.75) is 46.0 Å². The number of aryl methyl sites for hydroxylation is 1. The lowest BCUT2D eigenvalue weighted by Crippen LogP contribution is -2.11. The van der Waals surface area contributed by atoms with Crippen LogP contribution in [0.5, 0.6) is 0 Å². The molecule has 0 spiro atoms. The van der Waals surface area contributed by atoms with Crippen molar-refractivity contribution < 1.29 is 9.32 Å². The summed E-state index contributed by atoms with van der Waals surface area (Å²) in [5, 5.41) is 8.54. The fraction of sp³-hybridized carbons (Fsp3) is 0.467. The van der Waals surface area contributed by atoms with Crippen molar-refractivity contribution in [2.75, 3.05) is 5.32 Å². The third-order valence-corrected chi connectivity index (χ3v) is 3.90. The van der Waals surface area contributed by atoms with Crippen LogP contribution in [0.15, 0.2) is 22.0 Å². The van der Waals surface area contributed by atoms with Gasteiger partial charge in [0, 0.05) is 21.7 Å². The van der Waals surface area contributed by atoms with E-state index in [0.29, 0.717) is 11.4 Å². The number of nitrogens with zero attached hydrogens (tertiary/aromatic N) is 1. The highest BCUT2D eigenvalue weighted by atomic mass is 32.1. The Morgan fingerprint density at radius 2 is 2.15 bits per heavy atom. The molecule has 0 saturated carbocycles. The highest BCUT2D eigenvalue weighted by molar-refractivity contribution is 7.10. The number of hydrogen-bond donors (Lipinski definition) is 1. The zero-order valence-electron chi connectivity index (χ0n) is 12.3. The maximum Gasteiger partial charge on any atom is 0.257 e. The molecule has 2 rings (SSSR count). The van der Waals surface area contributed by atoms with E-state index < -0.39 is 0 Å². The first-order chi connectivity index (χ1) is 9.40. The molecule has 2 heterocycles. The first-order valence-electron chi connectivity index (χ1n) is 6.76. The third-order valence-electron chi connectivity index (χ3n) is 2.90. The van der Waals surface area contributed by atoms with Crippen molar-refractivity contribution in [3.05, 3.63) is 33.7 Å². The molecular weight excluding hydrogens is 272 g/mol. The molecule has 2 aromatic heterocycles. The van der Waals surface area contributed by atoms with E-state index >= 15 is 0 Å². The molecule has 0 atom stereocenters. The van der Waals surface area contributed by atoms with E-state index in [1.807, 2.05) is 32.2 Å². The van der Waals surface area contributed by atoms with Crippen molar-refractivity contribution in [2.24, 2.45) is 0 Å². The Morgan fingerprint density at radius 3 is 2.75 bits per heavy atom. The van der Waals surface area contributed by atoms with E-state index in [1.165, 1.54) is 4.88 Å². The van der Waals surface area contributed by atoms with E-state index in [0.717, 1.165) is 18.6 Å². The Morgan fingerprint density at radius 1 is 1.40 bits per heavy atom. The van der Waals surface area contributed by atoms with Crippen LogP contribution < -0.4 is 5.32 Å². The number of amides is 1. The van der Waals surface area contributed by atoms with Crippen molar-refractivity contribution in [3.63, 3.8) is 0 Å². The van der Waals surface area contributed by atoms with Gasteiger partial charge in [-0.15, -0.1) is 11.3 Å². The van der Waals surface area contributed by atoms with Crippen LogP contribution in [-0.4, -0.2) is 11.1 Å². The number of carbonyl (C=O) groups is 1. The number of thiophene rings is 1. The second-order valence-corrected chi connectivity index (χ2v) is 6.83. The smallest absolute Gasteiger partial charge is 0.257 e. The highest BCUT2D eigenvalue weighted by Crippen LogP contribution is 2.25. The Bertz CT molecular complexity index is 593. The first kappa shape index (κ1) is 14.8. The minimum atomic E-state index is -0.141. The predicted octanol–water partition coefficient (Wildman–Crippen LogP) is 4.24. The molecule has 0 aliphatic rings. The monoisotopic (exact) mass is 292 g/mol. The summed E-state index contributed by atoms with van der Waals surface area (Å²) in [4.78, 5) is 13.3. The number of carbonyl (C=O) groups excluding carboxylic acids is 1. The number of rotatable bonds is 4. The van der Waals surface area contributed by atoms with Gasteiger partial charge in [-0.2, -0.15) is 0 Å². The quantitative estimate of drug-likeness (QED) is 0.917. The molecule has 0 fully saturated rings. The second-order valence-electron chi connectivity index (χ2n) is 5.83. The van der Waals surface area contributed by atoms with E-state index in [-0.39, 0.29) is 11.3 Å². The fourth-order valence-corrected chi connectivity index (χ4v) is 2.72. The fourth-order valence-electron chi connectivity index (χ4n) is 1.75. The summed E-state index contributed by atoms with van der Waals surface area (Å²) in [7, 11) is 0. The third kappa shape index (κ3) is 3.48. The Labute approximate surface area is 123 Å². The zero-order valence-corrected chi connectivity index (χ0v) is 13.1. The van der Waals surface area contributed by atoms with Crippen molar-refractivity contribution in [1.29, 1.82) is 0 Å². The summed E-state index contributed by atoms with van der Waals surface area (Å²) >= 11 is 1.62. The molecule has 4 nitrogen and oxygen atoms in total. The van der Waals surface area contributed by atoms with Crippen LogP contribution in [0.4, 0.5) is 5.82 Å². The molecule has 0 aliphatic carbocycles. The molecule has 1 amide bonds. The maximum absolute atomic E-state index is 12.1. The van der Waals surface area contributed by atoms with Gasteiger partial charge in [0.2, 0.25) is 0 Å². The Balaban J connectivity index is 2.05. The maximum atomic E-state index is 12.1. The zero-order chi connectivity index (χ0) is 14.8. The lowest BCUT2D eigenvalue weighted by Gasteiger charge is -2.11. The lowest BCUT2D eigenvalue weighted by molar-refractivity contribution is 0.102. The van der Waals surface area contributed by atoms with Gasteiger partial charge in [-0.05, 0) is 12.5 Å². The molecule has 0 unspecified atom stereocenters. The van der Waals surface area contributed by atoms with Crippen LogP contribution in [0.1, 0.15) is 55.1 Å². The highest BCUT2D eigenvalue weighted by Gasteiger charge is 2.20. The minimum absolute atomic E-state index is 0.118. The molecular formula is C15H20N2O2S. The Kier molecular flexibility index (Phi) is 4.28. The van der Waals surface area contributed by atoms with Gasteiger partial charge in [0.15, 0.2) is 5.82 Å². The Hall–Kier alpha value is -1.62. The molecule has 20 heavy (non-hydrogen) atoms. The number of aromatic nitrogens is 1. The van der Waals surface area contributed by atoms with Crippen LogP contribution >= 0.6 is 11.3 Å². The van der Waals surface area contributed by atoms with Gasteiger partial charge in [0.05, 0.1) is 5.56 Å². The van der Waals surface area contributed by atoms with E-state index in [4.69, 9.17) is 4.52 Å². The topological polar surface area (TPSA) is 55.1 Å². The average molecular weight is 292 g/mol. The molecule has 1 N–H and O–H groups in total. The average Bonchev–Trinajstić information content (AvgIpc) is 2.97. The molecule has 0 aromatic carbocycles. The molecule has 0 saturated heterocycles. The van der Waals surface area contributed by atoms with Crippen LogP contribution in [0.25, 0.3) is 0 Å². The van der Waals surface area contributed by atoms with Crippen molar-refractivity contribution in [1.82, 2.24) is 5.16 Å². The molecule has 108 valence electrons. The normalized spacial score (nSPS) is 11.6. The number of anilines is 1. The van der Waals surface area contributed by atoms with E-state index in [2.05, 4.69) is 17.4 Å². The summed E-state index contributed by atoms with van der Waals surface area (Å²) in [6.07, 6.45) is 2.09. The predicted molar refractivity (Wildman–Crippen MR) is 81.5 cm³/mol. The SMILES string of the molecule is CCCc1cc(C(=O)Nc2cc(C(C)(C)C)on2)cs1. The second kappa shape index (κ2) is 5.79. The molecule has 2 aromatic rings. The standard InChI is InChI=1S/C15H20N2O2S/c1-5-6-11-7-10(9-20-11)14(18)16-13-8-12(19-17-13)15(2,3)4/h7-9H,5-6H2,1-4H3,(H,16,17,18). The molecule has 0 bridgehead atoms. The van der Waals surface area contributed by atoms with Crippen LogP contribution in [0.2, 0.25) is 0 Å². The number of nitrogens with one attached hydrogen (secondary N) is 1. The summed E-state index contributed by atoms with van der Waals surface area (Å²) in [5.41, 5.74) is 0.561. The van der Waals surface area contributed by atoms with Gasteiger partial charge in [0.25, 0.3) is 5.91 Å². The lowest BCUT2D eigenvalue weighted by atomic mass is 9.93. The minimum Gasteiger partial charge on any atom is -0.359 e. The van der Waals surface area contributed by atoms with Crippen LogP contribution in [0, 0.1) is 0 Å². The van der Waals surface area contributed by atoms with Crippen molar-refractivity contribution >= 4 is 23.1 Å². The van der Waals surface area contributed by atoms with Crippen LogP contribution in [0.3, 0.4) is 0 Å².